The SMILES string of the molecule is CC1(C)S[C@@H]2[C@H](NC(=O)C(N)c3ccc(O)cc3)C(=O)N2C1C(=O)OCCSSCCOC(=O)OC/C=C1/O[C@H]2CC(=O)N2[C@@H]1C=O. The van der Waals surface area contributed by atoms with E-state index in [1.807, 2.05) is 13.8 Å². The van der Waals surface area contributed by atoms with E-state index in [9.17, 15) is 33.9 Å². The summed E-state index contributed by atoms with van der Waals surface area (Å²) in [7, 11) is 2.82. The van der Waals surface area contributed by atoms with Crippen molar-refractivity contribution >= 4 is 69.5 Å². The highest BCUT2D eigenvalue weighted by atomic mass is 33.1. The number of hydrogen-bond acceptors (Lipinski definition) is 15. The molecule has 4 saturated heterocycles. The topological polar surface area (TPSA) is 204 Å². The zero-order valence-corrected chi connectivity index (χ0v) is 27.8. The normalized spacial score (nSPS) is 26.7. The number of carbonyl (C=O) groups is 6. The lowest BCUT2D eigenvalue weighted by atomic mass is 9.95. The second-order valence-corrected chi connectivity index (χ2v) is 15.8. The van der Waals surface area contributed by atoms with Crippen molar-refractivity contribution in [3.05, 3.63) is 41.7 Å². The Kier molecular flexibility index (Phi) is 10.8. The van der Waals surface area contributed by atoms with Crippen molar-refractivity contribution in [2.75, 3.05) is 31.3 Å². The summed E-state index contributed by atoms with van der Waals surface area (Å²) < 4.78 is 20.3. The van der Waals surface area contributed by atoms with Crippen LogP contribution in [0.25, 0.3) is 0 Å². The lowest BCUT2D eigenvalue weighted by molar-refractivity contribution is -0.164. The number of aldehydes is 1. The highest BCUT2D eigenvalue weighted by Crippen LogP contribution is 2.51. The number of phenols is 1. The largest absolute Gasteiger partial charge is 0.508 e. The Morgan fingerprint density at radius 2 is 1.81 bits per heavy atom. The molecule has 254 valence electrons. The number of amides is 3. The fourth-order valence-electron chi connectivity index (χ4n) is 5.47. The van der Waals surface area contributed by atoms with E-state index in [0.29, 0.717) is 23.4 Å². The molecule has 4 fully saturated rings. The molecule has 0 radical (unpaired) electrons. The molecule has 1 aromatic rings. The molecule has 4 heterocycles. The number of hydrogen-bond donors (Lipinski definition) is 3. The minimum Gasteiger partial charge on any atom is -0.508 e. The summed E-state index contributed by atoms with van der Waals surface area (Å²) in [5.41, 5.74) is 6.53. The predicted molar refractivity (Wildman–Crippen MR) is 171 cm³/mol. The number of β-lactam (4-membered cyclic amide) rings is 2. The lowest BCUT2D eigenvalue weighted by Crippen LogP contribution is -2.71. The molecule has 5 rings (SSSR count). The maximum absolute atomic E-state index is 13.0. The molecule has 0 spiro atoms. The first kappa shape index (κ1) is 34.7. The number of carbonyl (C=O) groups excluding carboxylic acids is 6. The van der Waals surface area contributed by atoms with Gasteiger partial charge in [0.15, 0.2) is 6.23 Å². The van der Waals surface area contributed by atoms with Gasteiger partial charge < -0.3 is 44.8 Å². The van der Waals surface area contributed by atoms with Crippen LogP contribution in [0.15, 0.2) is 36.1 Å². The number of nitrogens with two attached hydrogens (primary N) is 1. The van der Waals surface area contributed by atoms with Crippen LogP contribution in [0.4, 0.5) is 4.79 Å². The standard InChI is InChI=1S/C29H34N4O11S3/c1-29(2)23(33-25(38)22(26(33)47-29)31-24(37)21(30)15-3-5-16(35)6-4-15)27(39)41-9-11-45-46-12-10-43-28(40)42-8-7-18-17(14-34)32-19(36)13-20(32)44-18/h3-7,14,17,20-23,26,35H,8-13,30H2,1-2H3,(H,31,37)/b18-7+/t17-,20+,21?,22-,23?,26-/m1/s1. The quantitative estimate of drug-likeness (QED) is 0.0812. The van der Waals surface area contributed by atoms with Gasteiger partial charge in [0.2, 0.25) is 17.7 Å². The smallest absolute Gasteiger partial charge is 0.508 e. The lowest BCUT2D eigenvalue weighted by Gasteiger charge is -2.44. The zero-order valence-electron chi connectivity index (χ0n) is 25.4. The average molecular weight is 711 g/mol. The molecule has 1 aromatic carbocycles. The van der Waals surface area contributed by atoms with E-state index in [4.69, 9.17) is 24.7 Å². The Morgan fingerprint density at radius 3 is 2.47 bits per heavy atom. The van der Waals surface area contributed by atoms with Gasteiger partial charge >= 0.3 is 12.1 Å². The van der Waals surface area contributed by atoms with Crippen molar-refractivity contribution in [2.24, 2.45) is 5.73 Å². The third kappa shape index (κ3) is 7.44. The molecule has 3 amide bonds. The van der Waals surface area contributed by atoms with Crippen LogP contribution in [0.3, 0.4) is 0 Å². The number of phenolic OH excluding ortho intramolecular Hbond substituents is 1. The highest BCUT2D eigenvalue weighted by molar-refractivity contribution is 8.76. The summed E-state index contributed by atoms with van der Waals surface area (Å²) in [5.74, 6) is -0.421. The van der Waals surface area contributed by atoms with E-state index in [2.05, 4.69) is 5.32 Å². The fraction of sp³-hybridized carbons (Fsp3) is 0.517. The number of nitrogens with one attached hydrogen (secondary N) is 1. The zero-order chi connectivity index (χ0) is 33.9. The first-order chi connectivity index (χ1) is 22.4. The summed E-state index contributed by atoms with van der Waals surface area (Å²) in [6.07, 6.45) is 0.905. The first-order valence-electron chi connectivity index (χ1n) is 14.6. The van der Waals surface area contributed by atoms with Gasteiger partial charge in [0.25, 0.3) is 0 Å². The second kappa shape index (κ2) is 14.7. The molecule has 0 bridgehead atoms. The van der Waals surface area contributed by atoms with Gasteiger partial charge in [-0.25, -0.2) is 9.59 Å². The molecular formula is C29H34N4O11S3. The number of nitrogens with zero attached hydrogens (tertiary/aromatic N) is 2. The third-order valence-corrected chi connectivity index (χ3v) is 11.7. The summed E-state index contributed by atoms with van der Waals surface area (Å²) in [6, 6.07) is 2.42. The van der Waals surface area contributed by atoms with Crippen LogP contribution in [0, 0.1) is 0 Å². The van der Waals surface area contributed by atoms with Crippen molar-refractivity contribution < 1.29 is 52.8 Å². The predicted octanol–water partition coefficient (Wildman–Crippen LogP) is 1.06. The molecule has 18 heteroatoms. The molecule has 2 unspecified atom stereocenters. The van der Waals surface area contributed by atoms with Gasteiger partial charge in [0, 0.05) is 16.3 Å². The Balaban J connectivity index is 0.950. The van der Waals surface area contributed by atoms with Crippen LogP contribution in [0.5, 0.6) is 5.75 Å². The summed E-state index contributed by atoms with van der Waals surface area (Å²) in [5, 5.41) is 11.7. The van der Waals surface area contributed by atoms with E-state index < -0.39 is 58.5 Å². The van der Waals surface area contributed by atoms with Crippen LogP contribution < -0.4 is 11.1 Å². The molecular weight excluding hydrogens is 677 g/mol. The molecule has 4 N–H and O–H groups in total. The average Bonchev–Trinajstić information content (AvgIpc) is 3.47. The maximum atomic E-state index is 13.0. The van der Waals surface area contributed by atoms with Crippen molar-refractivity contribution in [2.45, 2.75) is 60.8 Å². The molecule has 4 aliphatic heterocycles. The number of aromatic hydroxyl groups is 1. The molecule has 0 aromatic heterocycles. The van der Waals surface area contributed by atoms with Gasteiger partial charge in [-0.2, -0.15) is 0 Å². The van der Waals surface area contributed by atoms with Crippen molar-refractivity contribution in [1.82, 2.24) is 15.1 Å². The summed E-state index contributed by atoms with van der Waals surface area (Å²) in [6.45, 7) is 3.69. The van der Waals surface area contributed by atoms with E-state index in [1.165, 1.54) is 73.5 Å². The Morgan fingerprint density at radius 1 is 1.13 bits per heavy atom. The Bertz CT molecular complexity index is 1440. The molecule has 47 heavy (non-hydrogen) atoms. The van der Waals surface area contributed by atoms with Gasteiger partial charge in [-0.1, -0.05) is 33.7 Å². The van der Waals surface area contributed by atoms with Crippen molar-refractivity contribution in [1.29, 1.82) is 0 Å². The van der Waals surface area contributed by atoms with Crippen molar-refractivity contribution in [3.63, 3.8) is 0 Å². The summed E-state index contributed by atoms with van der Waals surface area (Å²) in [4.78, 5) is 76.2. The highest BCUT2D eigenvalue weighted by Gasteiger charge is 2.64. The van der Waals surface area contributed by atoms with Gasteiger partial charge in [-0.3, -0.25) is 19.3 Å². The third-order valence-electron chi connectivity index (χ3n) is 7.80. The van der Waals surface area contributed by atoms with Gasteiger partial charge in [0.1, 0.15) is 67.2 Å². The second-order valence-electron chi connectivity index (χ2n) is 11.3. The van der Waals surface area contributed by atoms with Crippen LogP contribution in [-0.2, 0) is 42.9 Å². The number of esters is 1. The molecule has 6 atom stereocenters. The minimum absolute atomic E-state index is 0.0415. The number of fused-ring (bicyclic) bond motifs is 2. The number of thioether (sulfide) groups is 1. The van der Waals surface area contributed by atoms with Crippen molar-refractivity contribution in [3.8, 4) is 5.75 Å². The van der Waals surface area contributed by atoms with Crippen LogP contribution in [0.1, 0.15) is 31.9 Å². The number of rotatable bonds is 14. The van der Waals surface area contributed by atoms with E-state index in [1.54, 1.807) is 0 Å². The maximum Gasteiger partial charge on any atom is 0.508 e. The number of benzene rings is 1. The minimum atomic E-state index is -1.03. The summed E-state index contributed by atoms with van der Waals surface area (Å²) >= 11 is 1.40. The molecule has 4 aliphatic rings. The monoisotopic (exact) mass is 710 g/mol. The van der Waals surface area contributed by atoms with E-state index in [0.717, 1.165) is 0 Å². The van der Waals surface area contributed by atoms with E-state index in [-0.39, 0.29) is 49.6 Å². The van der Waals surface area contributed by atoms with Gasteiger partial charge in [-0.15, -0.1) is 11.8 Å². The molecule has 0 aliphatic carbocycles. The van der Waals surface area contributed by atoms with Crippen LogP contribution in [-0.4, -0.2) is 117 Å². The van der Waals surface area contributed by atoms with E-state index >= 15 is 0 Å². The Labute approximate surface area is 282 Å². The molecule has 0 saturated carbocycles. The van der Waals surface area contributed by atoms with Crippen LogP contribution in [0.2, 0.25) is 0 Å². The Hall–Kier alpha value is -3.61. The molecule has 15 nitrogen and oxygen atoms in total. The van der Waals surface area contributed by atoms with Gasteiger partial charge in [0.05, 0.1) is 6.42 Å². The van der Waals surface area contributed by atoms with Gasteiger partial charge in [-0.05, 0) is 37.6 Å². The number of ether oxygens (including phenoxy) is 4. The fourth-order valence-corrected chi connectivity index (χ4v) is 8.74. The first-order valence-corrected chi connectivity index (χ1v) is 18.0. The van der Waals surface area contributed by atoms with Crippen LogP contribution >= 0.6 is 33.3 Å².